The lowest BCUT2D eigenvalue weighted by atomic mass is 10.1. The lowest BCUT2D eigenvalue weighted by Crippen LogP contribution is -2.46. The van der Waals surface area contributed by atoms with Crippen molar-refractivity contribution < 1.29 is 9.59 Å². The molecule has 6 heteroatoms. The molecule has 2 amide bonds. The zero-order chi connectivity index (χ0) is 18.5. The normalized spacial score (nSPS) is 19.8. The van der Waals surface area contributed by atoms with Crippen LogP contribution >= 0.6 is 0 Å². The molecule has 1 fully saturated rings. The van der Waals surface area contributed by atoms with Crippen molar-refractivity contribution in [3.63, 3.8) is 0 Å². The van der Waals surface area contributed by atoms with Crippen molar-refractivity contribution in [2.24, 2.45) is 0 Å². The molecule has 0 bridgehead atoms. The first-order chi connectivity index (χ1) is 13.1. The Hall–Kier alpha value is -3.15. The van der Waals surface area contributed by atoms with E-state index in [2.05, 4.69) is 10.6 Å². The first-order valence-electron chi connectivity index (χ1n) is 9.29. The largest absolute Gasteiger partial charge is 0.330 e. The van der Waals surface area contributed by atoms with Gasteiger partial charge < -0.3 is 9.47 Å². The molecule has 0 N–H and O–H groups in total. The maximum Gasteiger partial charge on any atom is 0.257 e. The number of amides is 2. The maximum absolute atomic E-state index is 13.2. The van der Waals surface area contributed by atoms with Crippen LogP contribution in [0.3, 0.4) is 0 Å². The minimum Gasteiger partial charge on any atom is -0.330 e. The average molecular weight is 360 g/mol. The summed E-state index contributed by atoms with van der Waals surface area (Å²) in [5.41, 5.74) is 3.60. The number of fused-ring (bicyclic) bond motifs is 3. The third-order valence-corrected chi connectivity index (χ3v) is 5.53. The summed E-state index contributed by atoms with van der Waals surface area (Å²) >= 11 is 0. The van der Waals surface area contributed by atoms with E-state index in [1.165, 1.54) is 4.90 Å². The molecule has 27 heavy (non-hydrogen) atoms. The van der Waals surface area contributed by atoms with E-state index in [4.69, 9.17) is 4.98 Å². The fourth-order valence-electron chi connectivity index (χ4n) is 4.22. The van der Waals surface area contributed by atoms with Gasteiger partial charge in [-0.2, -0.15) is 0 Å². The van der Waals surface area contributed by atoms with Crippen molar-refractivity contribution in [3.8, 4) is 0 Å². The van der Waals surface area contributed by atoms with Gasteiger partial charge in [-0.05, 0) is 37.1 Å². The molecule has 2 aliphatic heterocycles. The van der Waals surface area contributed by atoms with E-state index < -0.39 is 6.04 Å². The SMILES string of the molecule is Cc1ccccc1N1C(=O)CC(N2CCCn3c2nc2ccccc23)C1=O. The Morgan fingerprint density at radius 2 is 1.78 bits per heavy atom. The Morgan fingerprint density at radius 3 is 2.63 bits per heavy atom. The summed E-state index contributed by atoms with van der Waals surface area (Å²) in [5.74, 6) is 0.488. The number of rotatable bonds is 2. The van der Waals surface area contributed by atoms with Gasteiger partial charge in [0, 0.05) is 13.1 Å². The van der Waals surface area contributed by atoms with Gasteiger partial charge in [-0.25, -0.2) is 9.88 Å². The quantitative estimate of drug-likeness (QED) is 0.660. The third kappa shape index (κ3) is 2.36. The van der Waals surface area contributed by atoms with Gasteiger partial charge >= 0.3 is 0 Å². The monoisotopic (exact) mass is 360 g/mol. The molecule has 1 unspecified atom stereocenters. The topological polar surface area (TPSA) is 58.4 Å². The Morgan fingerprint density at radius 1 is 1.00 bits per heavy atom. The number of aryl methyl sites for hydroxylation is 2. The summed E-state index contributed by atoms with van der Waals surface area (Å²) in [6.07, 6.45) is 1.12. The van der Waals surface area contributed by atoms with E-state index in [9.17, 15) is 9.59 Å². The Bertz CT molecular complexity index is 1070. The number of carbonyl (C=O) groups excluding carboxylic acids is 2. The number of anilines is 2. The summed E-state index contributed by atoms with van der Waals surface area (Å²) in [6, 6.07) is 15.0. The van der Waals surface area contributed by atoms with Crippen LogP contribution in [0, 0.1) is 6.92 Å². The zero-order valence-electron chi connectivity index (χ0n) is 15.1. The molecule has 3 heterocycles. The van der Waals surface area contributed by atoms with Crippen LogP contribution in [-0.4, -0.2) is 34.0 Å². The summed E-state index contributed by atoms with van der Waals surface area (Å²) in [6.45, 7) is 3.53. The maximum atomic E-state index is 13.2. The molecular weight excluding hydrogens is 340 g/mol. The summed E-state index contributed by atoms with van der Waals surface area (Å²) in [5, 5.41) is 0. The standard InChI is InChI=1S/C21H20N4O2/c1-14-7-2-4-9-16(14)25-19(26)13-18(20(25)27)24-12-6-11-23-17-10-5-3-8-15(17)22-21(23)24/h2-5,7-10,18H,6,11-13H2,1H3. The Kier molecular flexibility index (Phi) is 3.53. The average Bonchev–Trinajstić information content (AvgIpc) is 3.20. The third-order valence-electron chi connectivity index (χ3n) is 5.53. The predicted molar refractivity (Wildman–Crippen MR) is 104 cm³/mol. The second-order valence-electron chi connectivity index (χ2n) is 7.17. The lowest BCUT2D eigenvalue weighted by molar-refractivity contribution is -0.121. The van der Waals surface area contributed by atoms with E-state index in [1.807, 2.05) is 54.3 Å². The van der Waals surface area contributed by atoms with E-state index >= 15 is 0 Å². The number of imidazole rings is 1. The van der Waals surface area contributed by atoms with Crippen molar-refractivity contribution in [1.82, 2.24) is 9.55 Å². The molecule has 136 valence electrons. The van der Waals surface area contributed by atoms with Crippen molar-refractivity contribution in [2.45, 2.75) is 32.4 Å². The highest BCUT2D eigenvalue weighted by Gasteiger charge is 2.45. The van der Waals surface area contributed by atoms with E-state index in [1.54, 1.807) is 0 Å². The van der Waals surface area contributed by atoms with E-state index in [-0.39, 0.29) is 18.2 Å². The molecule has 1 aromatic heterocycles. The predicted octanol–water partition coefficient (Wildman–Crippen LogP) is 2.89. The molecule has 0 spiro atoms. The molecule has 6 nitrogen and oxygen atoms in total. The van der Waals surface area contributed by atoms with Crippen LogP contribution in [-0.2, 0) is 16.1 Å². The van der Waals surface area contributed by atoms with Gasteiger partial charge in [0.15, 0.2) is 0 Å². The van der Waals surface area contributed by atoms with E-state index in [0.29, 0.717) is 5.69 Å². The molecule has 1 atom stereocenters. The van der Waals surface area contributed by atoms with Gasteiger partial charge in [-0.3, -0.25) is 9.59 Å². The first kappa shape index (κ1) is 16.1. The molecular formula is C21H20N4O2. The second kappa shape index (κ2) is 5.94. The number of benzene rings is 2. The van der Waals surface area contributed by atoms with Crippen molar-refractivity contribution >= 4 is 34.5 Å². The minimum atomic E-state index is -0.493. The zero-order valence-corrected chi connectivity index (χ0v) is 15.1. The summed E-state index contributed by atoms with van der Waals surface area (Å²) < 4.78 is 2.16. The van der Waals surface area contributed by atoms with Crippen LogP contribution in [0.5, 0.6) is 0 Å². The number of nitrogens with zero attached hydrogens (tertiary/aromatic N) is 4. The second-order valence-corrected chi connectivity index (χ2v) is 7.17. The number of hydrogen-bond acceptors (Lipinski definition) is 4. The molecule has 1 saturated heterocycles. The van der Waals surface area contributed by atoms with Crippen LogP contribution in [0.25, 0.3) is 11.0 Å². The number of imide groups is 1. The van der Waals surface area contributed by atoms with Crippen LogP contribution in [0.15, 0.2) is 48.5 Å². The highest BCUT2D eigenvalue weighted by molar-refractivity contribution is 6.23. The van der Waals surface area contributed by atoms with Crippen molar-refractivity contribution in [2.75, 3.05) is 16.3 Å². The Balaban J connectivity index is 1.55. The molecule has 3 aromatic rings. The van der Waals surface area contributed by atoms with Gasteiger partial charge in [0.25, 0.3) is 5.91 Å². The van der Waals surface area contributed by atoms with Crippen LogP contribution < -0.4 is 9.80 Å². The van der Waals surface area contributed by atoms with Gasteiger partial charge in [0.2, 0.25) is 11.9 Å². The number of carbonyl (C=O) groups is 2. The Labute approximate surface area is 157 Å². The highest BCUT2D eigenvalue weighted by atomic mass is 16.2. The molecule has 5 rings (SSSR count). The fourth-order valence-corrected chi connectivity index (χ4v) is 4.22. The number of para-hydroxylation sites is 3. The van der Waals surface area contributed by atoms with Gasteiger partial charge in [0.05, 0.1) is 23.1 Å². The fraction of sp³-hybridized carbons (Fsp3) is 0.286. The summed E-state index contributed by atoms with van der Waals surface area (Å²) in [4.78, 5) is 34.1. The van der Waals surface area contributed by atoms with Crippen LogP contribution in [0.1, 0.15) is 18.4 Å². The molecule has 0 saturated carbocycles. The summed E-state index contributed by atoms with van der Waals surface area (Å²) in [7, 11) is 0. The van der Waals surface area contributed by atoms with Gasteiger partial charge in [0.1, 0.15) is 6.04 Å². The molecule has 2 aromatic carbocycles. The van der Waals surface area contributed by atoms with Gasteiger partial charge in [-0.1, -0.05) is 30.3 Å². The number of hydrogen-bond donors (Lipinski definition) is 0. The van der Waals surface area contributed by atoms with Crippen molar-refractivity contribution in [1.29, 1.82) is 0 Å². The van der Waals surface area contributed by atoms with E-state index in [0.717, 1.165) is 42.1 Å². The van der Waals surface area contributed by atoms with Gasteiger partial charge in [-0.15, -0.1) is 0 Å². The van der Waals surface area contributed by atoms with Crippen LogP contribution in [0.4, 0.5) is 11.6 Å². The lowest BCUT2D eigenvalue weighted by Gasteiger charge is -2.32. The molecule has 0 radical (unpaired) electrons. The molecule has 0 aliphatic carbocycles. The minimum absolute atomic E-state index is 0.146. The van der Waals surface area contributed by atoms with Crippen LogP contribution in [0.2, 0.25) is 0 Å². The van der Waals surface area contributed by atoms with Crippen molar-refractivity contribution in [3.05, 3.63) is 54.1 Å². The smallest absolute Gasteiger partial charge is 0.257 e. The first-order valence-corrected chi connectivity index (χ1v) is 9.29. The number of aromatic nitrogens is 2. The highest BCUT2D eigenvalue weighted by Crippen LogP contribution is 2.33. The molecule has 2 aliphatic rings.